The topological polar surface area (TPSA) is 53.3 Å². The van der Waals surface area contributed by atoms with Gasteiger partial charge in [-0.2, -0.15) is 0 Å². The molecule has 1 aliphatic heterocycles. The van der Waals surface area contributed by atoms with E-state index < -0.39 is 0 Å². The van der Waals surface area contributed by atoms with Gasteiger partial charge in [-0.3, -0.25) is 4.98 Å². The predicted molar refractivity (Wildman–Crippen MR) is 131 cm³/mol. The van der Waals surface area contributed by atoms with Crippen LogP contribution in [0.25, 0.3) is 5.69 Å². The summed E-state index contributed by atoms with van der Waals surface area (Å²) in [6.07, 6.45) is 1.75. The Balaban J connectivity index is 1.69. The molecule has 1 aliphatic rings. The highest BCUT2D eigenvalue weighted by molar-refractivity contribution is 7.80. The Morgan fingerprint density at radius 3 is 2.42 bits per heavy atom. The van der Waals surface area contributed by atoms with Crippen LogP contribution in [0.15, 0.2) is 79.0 Å². The molecule has 0 radical (unpaired) electrons. The molecular formula is C26H23FN4OS. The molecule has 5 nitrogen and oxygen atoms in total. The van der Waals surface area contributed by atoms with Crippen LogP contribution in [0, 0.1) is 19.7 Å². The van der Waals surface area contributed by atoms with E-state index in [2.05, 4.69) is 20.9 Å². The Morgan fingerprint density at radius 2 is 1.73 bits per heavy atom. The van der Waals surface area contributed by atoms with Crippen molar-refractivity contribution in [2.24, 2.45) is 0 Å². The van der Waals surface area contributed by atoms with Gasteiger partial charge in [0.25, 0.3) is 0 Å². The van der Waals surface area contributed by atoms with E-state index in [1.54, 1.807) is 30.5 Å². The summed E-state index contributed by atoms with van der Waals surface area (Å²) in [5.41, 5.74) is 5.25. The van der Waals surface area contributed by atoms with Crippen molar-refractivity contribution >= 4 is 23.0 Å². The number of thiocarbonyl (C=S) groups is 1. The van der Waals surface area contributed by atoms with Crippen LogP contribution in [0.2, 0.25) is 0 Å². The number of nitrogens with one attached hydrogen (secondary N) is 1. The van der Waals surface area contributed by atoms with Gasteiger partial charge in [-0.15, -0.1) is 0 Å². The summed E-state index contributed by atoms with van der Waals surface area (Å²) in [7, 11) is 0. The van der Waals surface area contributed by atoms with Crippen molar-refractivity contribution in [1.29, 1.82) is 0 Å². The summed E-state index contributed by atoms with van der Waals surface area (Å²) >= 11 is 5.71. The van der Waals surface area contributed by atoms with Crippen LogP contribution in [0.3, 0.4) is 0 Å². The number of phenolic OH excluding ortho intramolecular Hbond substituents is 1. The lowest BCUT2D eigenvalue weighted by atomic mass is 9.96. The first-order valence-corrected chi connectivity index (χ1v) is 11.1. The van der Waals surface area contributed by atoms with Gasteiger partial charge in [0.15, 0.2) is 5.11 Å². The number of anilines is 1. The van der Waals surface area contributed by atoms with E-state index in [9.17, 15) is 9.50 Å². The quantitative estimate of drug-likeness (QED) is 0.395. The van der Waals surface area contributed by atoms with E-state index in [0.29, 0.717) is 10.8 Å². The number of aromatic hydroxyl groups is 1. The summed E-state index contributed by atoms with van der Waals surface area (Å²) in [5, 5.41) is 13.6. The highest BCUT2D eigenvalue weighted by atomic mass is 32.1. The number of hydrogen-bond acceptors (Lipinski definition) is 3. The number of benzene rings is 2. The molecule has 2 N–H and O–H groups in total. The second-order valence-electron chi connectivity index (χ2n) is 8.13. The zero-order valence-corrected chi connectivity index (χ0v) is 19.1. The standard InChI is InChI=1S/C26H23FN4OS/c1-16-15-20(17(2)30(16)18-10-12-19(32)13-11-18)25-24(22-8-5-6-14-28-22)29-26(33)31(25)23-9-4-3-7-21(23)27/h3-15,24-25,32H,1-2H3,(H,29,33)/t24-,25+/m0/s1. The first-order valence-electron chi connectivity index (χ1n) is 10.7. The lowest BCUT2D eigenvalue weighted by molar-refractivity contribution is 0.475. The molecule has 2 atom stereocenters. The van der Waals surface area contributed by atoms with E-state index >= 15 is 0 Å². The number of para-hydroxylation sites is 1. The largest absolute Gasteiger partial charge is 0.508 e. The van der Waals surface area contributed by atoms with E-state index in [-0.39, 0.29) is 23.7 Å². The number of rotatable bonds is 4. The fourth-order valence-corrected chi connectivity index (χ4v) is 5.00. The first kappa shape index (κ1) is 21.2. The average molecular weight is 459 g/mol. The van der Waals surface area contributed by atoms with E-state index in [0.717, 1.165) is 28.3 Å². The van der Waals surface area contributed by atoms with E-state index in [4.69, 9.17) is 12.2 Å². The summed E-state index contributed by atoms with van der Waals surface area (Å²) < 4.78 is 17.1. The maximum Gasteiger partial charge on any atom is 0.174 e. The molecular weight excluding hydrogens is 435 g/mol. The van der Waals surface area contributed by atoms with Crippen molar-refractivity contribution in [3.8, 4) is 11.4 Å². The van der Waals surface area contributed by atoms with Crippen molar-refractivity contribution in [2.75, 3.05) is 4.90 Å². The Kier molecular flexibility index (Phi) is 5.34. The van der Waals surface area contributed by atoms with Gasteiger partial charge in [-0.1, -0.05) is 18.2 Å². The van der Waals surface area contributed by atoms with Gasteiger partial charge >= 0.3 is 0 Å². The molecule has 1 saturated heterocycles. The smallest absolute Gasteiger partial charge is 0.174 e. The number of aromatic nitrogens is 2. The average Bonchev–Trinajstić information content (AvgIpc) is 3.31. The van der Waals surface area contributed by atoms with Crippen molar-refractivity contribution in [3.05, 3.63) is 107 Å². The zero-order chi connectivity index (χ0) is 23.1. The number of pyridine rings is 1. The fourth-order valence-electron chi connectivity index (χ4n) is 4.66. The Hall–Kier alpha value is -3.71. The second kappa shape index (κ2) is 8.33. The number of nitrogens with zero attached hydrogens (tertiary/aromatic N) is 3. The van der Waals surface area contributed by atoms with Gasteiger partial charge in [0.1, 0.15) is 11.6 Å². The Morgan fingerprint density at radius 1 is 1.00 bits per heavy atom. The van der Waals surface area contributed by atoms with E-state index in [1.165, 1.54) is 6.07 Å². The highest BCUT2D eigenvalue weighted by Crippen LogP contribution is 2.44. The molecule has 166 valence electrons. The van der Waals surface area contributed by atoms with Gasteiger partial charge in [0.05, 0.1) is 23.5 Å². The molecule has 3 heterocycles. The minimum Gasteiger partial charge on any atom is -0.508 e. The van der Waals surface area contributed by atoms with Gasteiger partial charge in [0, 0.05) is 23.3 Å². The molecule has 33 heavy (non-hydrogen) atoms. The molecule has 0 saturated carbocycles. The monoisotopic (exact) mass is 458 g/mol. The number of aryl methyl sites for hydroxylation is 1. The zero-order valence-electron chi connectivity index (χ0n) is 18.2. The number of halogens is 1. The highest BCUT2D eigenvalue weighted by Gasteiger charge is 2.43. The normalized spacial score (nSPS) is 17.9. The maximum absolute atomic E-state index is 14.9. The molecule has 5 rings (SSSR count). The van der Waals surface area contributed by atoms with Crippen LogP contribution in [0.1, 0.15) is 34.7 Å². The summed E-state index contributed by atoms with van der Waals surface area (Å²) in [6.45, 7) is 4.08. The molecule has 0 unspecified atom stereocenters. The Labute approximate surface area is 197 Å². The predicted octanol–water partition coefficient (Wildman–Crippen LogP) is 5.51. The first-order chi connectivity index (χ1) is 16.0. The Bertz CT molecular complexity index is 1320. The maximum atomic E-state index is 14.9. The molecule has 2 aromatic carbocycles. The van der Waals surface area contributed by atoms with Crippen LogP contribution in [-0.4, -0.2) is 19.8 Å². The van der Waals surface area contributed by atoms with Crippen molar-refractivity contribution in [1.82, 2.24) is 14.9 Å². The lowest BCUT2D eigenvalue weighted by Crippen LogP contribution is -2.30. The summed E-state index contributed by atoms with van der Waals surface area (Å²) in [6, 6.07) is 21.1. The summed E-state index contributed by atoms with van der Waals surface area (Å²) in [4.78, 5) is 6.43. The SMILES string of the molecule is Cc1cc([C@@H]2[C@H](c3ccccn3)NC(=S)N2c2ccccc2F)c(C)n1-c1ccc(O)cc1. The third kappa shape index (κ3) is 3.64. The lowest BCUT2D eigenvalue weighted by Gasteiger charge is -2.28. The number of phenols is 1. The molecule has 1 fully saturated rings. The third-order valence-electron chi connectivity index (χ3n) is 6.11. The van der Waals surface area contributed by atoms with Gasteiger partial charge < -0.3 is 19.9 Å². The molecule has 0 bridgehead atoms. The van der Waals surface area contributed by atoms with Crippen molar-refractivity contribution in [2.45, 2.75) is 25.9 Å². The minimum absolute atomic E-state index is 0.215. The second-order valence-corrected chi connectivity index (χ2v) is 8.51. The fraction of sp³-hybridized carbons (Fsp3) is 0.154. The molecule has 0 spiro atoms. The molecule has 0 amide bonds. The van der Waals surface area contributed by atoms with Gasteiger partial charge in [-0.25, -0.2) is 4.39 Å². The number of hydrogen-bond donors (Lipinski definition) is 2. The van der Waals surface area contributed by atoms with Crippen molar-refractivity contribution < 1.29 is 9.50 Å². The van der Waals surface area contributed by atoms with E-state index in [1.807, 2.05) is 55.1 Å². The minimum atomic E-state index is -0.333. The van der Waals surface area contributed by atoms with Gasteiger partial charge in [0.2, 0.25) is 0 Å². The van der Waals surface area contributed by atoms with Gasteiger partial charge in [-0.05, 0) is 86.2 Å². The summed E-state index contributed by atoms with van der Waals surface area (Å²) in [5.74, 6) is -0.117. The molecule has 4 aromatic rings. The molecule has 7 heteroatoms. The molecule has 2 aromatic heterocycles. The van der Waals surface area contributed by atoms with Crippen LogP contribution in [0.5, 0.6) is 5.75 Å². The molecule has 0 aliphatic carbocycles. The van der Waals surface area contributed by atoms with Crippen LogP contribution >= 0.6 is 12.2 Å². The third-order valence-corrected chi connectivity index (χ3v) is 6.42. The van der Waals surface area contributed by atoms with Crippen molar-refractivity contribution in [3.63, 3.8) is 0 Å². The van der Waals surface area contributed by atoms with Crippen LogP contribution in [0.4, 0.5) is 10.1 Å². The van der Waals surface area contributed by atoms with Crippen LogP contribution < -0.4 is 10.2 Å². The van der Waals surface area contributed by atoms with Crippen LogP contribution in [-0.2, 0) is 0 Å².